The van der Waals surface area contributed by atoms with Gasteiger partial charge in [-0.3, -0.25) is 4.98 Å². The van der Waals surface area contributed by atoms with Crippen molar-refractivity contribution in [1.29, 1.82) is 0 Å². The van der Waals surface area contributed by atoms with Gasteiger partial charge in [-0.15, -0.1) is 0 Å². The first-order valence-corrected chi connectivity index (χ1v) is 6.96. The van der Waals surface area contributed by atoms with Crippen molar-refractivity contribution < 1.29 is 0 Å². The Morgan fingerprint density at radius 3 is 2.65 bits per heavy atom. The lowest BCUT2D eigenvalue weighted by atomic mass is 9.84. The Kier molecular flexibility index (Phi) is 4.55. The minimum absolute atomic E-state index is 0.374. The summed E-state index contributed by atoms with van der Waals surface area (Å²) in [5.41, 5.74) is 1.16. The molecule has 0 radical (unpaired) electrons. The Balaban J connectivity index is 1.82. The van der Waals surface area contributed by atoms with Gasteiger partial charge in [0.1, 0.15) is 0 Å². The highest BCUT2D eigenvalue weighted by molar-refractivity contribution is 5.07. The third-order valence-electron chi connectivity index (χ3n) is 4.04. The average Bonchev–Trinajstić information content (AvgIpc) is 2.40. The fraction of sp³-hybridized carbons (Fsp3) is 0.667. The number of pyridine rings is 1. The van der Waals surface area contributed by atoms with Crippen LogP contribution in [0.4, 0.5) is 0 Å². The van der Waals surface area contributed by atoms with Crippen molar-refractivity contribution in [2.75, 3.05) is 0 Å². The SMILES string of the molecule is CCC1CCC(N[C@@H](C)c2ccccn2)CC1. The van der Waals surface area contributed by atoms with Crippen molar-refractivity contribution in [3.8, 4) is 0 Å². The molecule has 2 nitrogen and oxygen atoms in total. The lowest BCUT2D eigenvalue weighted by molar-refractivity contribution is 0.272. The number of rotatable bonds is 4. The second-order valence-electron chi connectivity index (χ2n) is 5.27. The topological polar surface area (TPSA) is 24.9 Å². The Labute approximate surface area is 105 Å². The molecule has 0 unspecified atom stereocenters. The zero-order chi connectivity index (χ0) is 12.1. The fourth-order valence-corrected chi connectivity index (χ4v) is 2.81. The minimum Gasteiger partial charge on any atom is -0.306 e. The number of nitrogens with one attached hydrogen (secondary N) is 1. The summed E-state index contributed by atoms with van der Waals surface area (Å²) in [6.45, 7) is 4.53. The van der Waals surface area contributed by atoms with E-state index in [0.717, 1.165) is 11.6 Å². The van der Waals surface area contributed by atoms with Gasteiger partial charge >= 0.3 is 0 Å². The first-order chi connectivity index (χ1) is 8.29. The molecule has 0 aromatic carbocycles. The van der Waals surface area contributed by atoms with Crippen LogP contribution in [0.15, 0.2) is 24.4 Å². The van der Waals surface area contributed by atoms with Crippen molar-refractivity contribution in [2.45, 2.75) is 58.0 Å². The first kappa shape index (κ1) is 12.6. The van der Waals surface area contributed by atoms with E-state index in [1.807, 2.05) is 12.3 Å². The molecular formula is C15H24N2. The van der Waals surface area contributed by atoms with Gasteiger partial charge < -0.3 is 5.32 Å². The molecule has 0 amide bonds. The summed E-state index contributed by atoms with van der Waals surface area (Å²) in [6.07, 6.45) is 8.67. The van der Waals surface area contributed by atoms with E-state index in [-0.39, 0.29) is 0 Å². The molecule has 1 fully saturated rings. The molecule has 0 spiro atoms. The van der Waals surface area contributed by atoms with E-state index in [1.165, 1.54) is 32.1 Å². The molecule has 2 rings (SSSR count). The van der Waals surface area contributed by atoms with Crippen LogP contribution in [0.3, 0.4) is 0 Å². The fourth-order valence-electron chi connectivity index (χ4n) is 2.81. The van der Waals surface area contributed by atoms with Gasteiger partial charge in [0, 0.05) is 18.3 Å². The molecule has 0 saturated heterocycles. The Bertz CT molecular complexity index is 315. The van der Waals surface area contributed by atoms with Gasteiger partial charge in [-0.05, 0) is 50.7 Å². The van der Waals surface area contributed by atoms with E-state index in [1.54, 1.807) is 0 Å². The highest BCUT2D eigenvalue weighted by Crippen LogP contribution is 2.27. The van der Waals surface area contributed by atoms with E-state index < -0.39 is 0 Å². The van der Waals surface area contributed by atoms with Crippen molar-refractivity contribution in [1.82, 2.24) is 10.3 Å². The van der Waals surface area contributed by atoms with Crippen molar-refractivity contribution in [2.24, 2.45) is 5.92 Å². The third kappa shape index (κ3) is 3.53. The number of hydrogen-bond acceptors (Lipinski definition) is 2. The van der Waals surface area contributed by atoms with Crippen LogP contribution < -0.4 is 5.32 Å². The van der Waals surface area contributed by atoms with Gasteiger partial charge in [-0.1, -0.05) is 19.4 Å². The summed E-state index contributed by atoms with van der Waals surface area (Å²) in [5.74, 6) is 0.971. The second kappa shape index (κ2) is 6.15. The molecule has 94 valence electrons. The monoisotopic (exact) mass is 232 g/mol. The molecule has 1 aromatic heterocycles. The van der Waals surface area contributed by atoms with E-state index in [4.69, 9.17) is 0 Å². The summed E-state index contributed by atoms with van der Waals surface area (Å²) in [7, 11) is 0. The van der Waals surface area contributed by atoms with Crippen LogP contribution in [0, 0.1) is 5.92 Å². The summed E-state index contributed by atoms with van der Waals surface area (Å²) in [5, 5.41) is 3.72. The number of aromatic nitrogens is 1. The molecular weight excluding hydrogens is 208 g/mol. The van der Waals surface area contributed by atoms with Crippen LogP contribution in [0.5, 0.6) is 0 Å². The van der Waals surface area contributed by atoms with Gasteiger partial charge in [0.05, 0.1) is 5.69 Å². The van der Waals surface area contributed by atoms with Crippen LogP contribution in [-0.2, 0) is 0 Å². The van der Waals surface area contributed by atoms with E-state index in [0.29, 0.717) is 12.1 Å². The van der Waals surface area contributed by atoms with Crippen molar-refractivity contribution in [3.05, 3.63) is 30.1 Å². The highest BCUT2D eigenvalue weighted by atomic mass is 15.0. The van der Waals surface area contributed by atoms with Crippen molar-refractivity contribution in [3.63, 3.8) is 0 Å². The molecule has 1 aliphatic rings. The molecule has 1 heterocycles. The van der Waals surface area contributed by atoms with E-state index in [9.17, 15) is 0 Å². The summed E-state index contributed by atoms with van der Waals surface area (Å²) >= 11 is 0. The van der Waals surface area contributed by atoms with Gasteiger partial charge in [0.25, 0.3) is 0 Å². The smallest absolute Gasteiger partial charge is 0.0570 e. The number of nitrogens with zero attached hydrogens (tertiary/aromatic N) is 1. The largest absolute Gasteiger partial charge is 0.306 e. The molecule has 1 saturated carbocycles. The molecule has 0 bridgehead atoms. The predicted octanol–water partition coefficient (Wildman–Crippen LogP) is 3.70. The van der Waals surface area contributed by atoms with Gasteiger partial charge in [-0.25, -0.2) is 0 Å². The third-order valence-corrected chi connectivity index (χ3v) is 4.04. The van der Waals surface area contributed by atoms with Crippen LogP contribution in [0.1, 0.15) is 57.7 Å². The molecule has 2 heteroatoms. The first-order valence-electron chi connectivity index (χ1n) is 6.96. The summed E-state index contributed by atoms with van der Waals surface area (Å²) < 4.78 is 0. The minimum atomic E-state index is 0.374. The van der Waals surface area contributed by atoms with Crippen LogP contribution >= 0.6 is 0 Å². The van der Waals surface area contributed by atoms with Crippen LogP contribution in [0.2, 0.25) is 0 Å². The maximum Gasteiger partial charge on any atom is 0.0570 e. The summed E-state index contributed by atoms with van der Waals surface area (Å²) in [4.78, 5) is 4.41. The lowest BCUT2D eigenvalue weighted by Gasteiger charge is -2.30. The summed E-state index contributed by atoms with van der Waals surface area (Å²) in [6, 6.07) is 7.21. The quantitative estimate of drug-likeness (QED) is 0.856. The Hall–Kier alpha value is -0.890. The van der Waals surface area contributed by atoms with Crippen LogP contribution in [-0.4, -0.2) is 11.0 Å². The van der Waals surface area contributed by atoms with Gasteiger partial charge in [0.15, 0.2) is 0 Å². The van der Waals surface area contributed by atoms with E-state index in [2.05, 4.69) is 36.3 Å². The highest BCUT2D eigenvalue weighted by Gasteiger charge is 2.21. The van der Waals surface area contributed by atoms with Crippen LogP contribution in [0.25, 0.3) is 0 Å². The number of hydrogen-bond donors (Lipinski definition) is 1. The lowest BCUT2D eigenvalue weighted by Crippen LogP contribution is -2.35. The standard InChI is InChI=1S/C15H24N2/c1-3-13-7-9-14(10-8-13)17-12(2)15-6-4-5-11-16-15/h4-6,11-14,17H,3,7-10H2,1-2H3/t12-,13?,14?/m0/s1. The molecule has 17 heavy (non-hydrogen) atoms. The van der Waals surface area contributed by atoms with E-state index >= 15 is 0 Å². The van der Waals surface area contributed by atoms with Gasteiger partial charge in [0.2, 0.25) is 0 Å². The predicted molar refractivity (Wildman–Crippen MR) is 71.8 cm³/mol. The zero-order valence-electron chi connectivity index (χ0n) is 11.0. The van der Waals surface area contributed by atoms with Gasteiger partial charge in [-0.2, -0.15) is 0 Å². The Morgan fingerprint density at radius 1 is 1.29 bits per heavy atom. The Morgan fingerprint density at radius 2 is 2.06 bits per heavy atom. The maximum atomic E-state index is 4.41. The molecule has 1 aromatic rings. The normalized spacial score (nSPS) is 26.7. The second-order valence-corrected chi connectivity index (χ2v) is 5.27. The average molecular weight is 232 g/mol. The molecule has 1 aliphatic carbocycles. The van der Waals surface area contributed by atoms with Crippen molar-refractivity contribution >= 4 is 0 Å². The molecule has 1 atom stereocenters. The molecule has 0 aliphatic heterocycles. The molecule has 1 N–H and O–H groups in total. The maximum absolute atomic E-state index is 4.41. The zero-order valence-corrected chi connectivity index (χ0v) is 11.0.